The molecule has 0 aliphatic heterocycles. The summed E-state index contributed by atoms with van der Waals surface area (Å²) in [5.41, 5.74) is 0. The van der Waals surface area contributed by atoms with Crippen LogP contribution in [-0.4, -0.2) is 46.9 Å². The molecule has 3 unspecified atom stereocenters. The summed E-state index contributed by atoms with van der Waals surface area (Å²) in [7, 11) is 0. The van der Waals surface area contributed by atoms with E-state index in [2.05, 4.69) is 111 Å². The fraction of sp³-hybridized carbons (Fsp3) is 0.714. The molecule has 0 spiro atoms. The van der Waals surface area contributed by atoms with Crippen molar-refractivity contribution in [1.82, 2.24) is 5.32 Å². The third-order valence-electron chi connectivity index (χ3n) is 11.2. The highest BCUT2D eigenvalue weighted by Gasteiger charge is 2.24. The average Bonchev–Trinajstić information content (AvgIpc) is 3.26. The van der Waals surface area contributed by atoms with Crippen molar-refractivity contribution < 1.29 is 24.5 Å². The van der Waals surface area contributed by atoms with E-state index in [-0.39, 0.29) is 24.9 Å². The van der Waals surface area contributed by atoms with Gasteiger partial charge in [0.1, 0.15) is 6.10 Å². The SMILES string of the molecule is CCCCC/C=C\C/C=C\C/C=C\C/C=C\CCCC(=O)OC(CCCCCC/C=C\C/C=C\C/C=C\CCCCC)CC(=O)NC(CO)C(O)CCCCCCCCCCC. The van der Waals surface area contributed by atoms with E-state index in [0.29, 0.717) is 25.7 Å². The maximum Gasteiger partial charge on any atom is 0.306 e. The molecule has 0 fully saturated rings. The summed E-state index contributed by atoms with van der Waals surface area (Å²) in [6.45, 7) is 6.38. The Kier molecular flexibility index (Phi) is 46.7. The molecular formula is C56H97NO5. The smallest absolute Gasteiger partial charge is 0.306 e. The second kappa shape index (κ2) is 49.1. The highest BCUT2D eigenvalue weighted by Crippen LogP contribution is 2.16. The van der Waals surface area contributed by atoms with Gasteiger partial charge in [-0.2, -0.15) is 0 Å². The molecule has 0 radical (unpaired) electrons. The average molecular weight is 864 g/mol. The normalized spacial score (nSPS) is 14.0. The number of esters is 1. The van der Waals surface area contributed by atoms with Gasteiger partial charge in [0, 0.05) is 6.42 Å². The van der Waals surface area contributed by atoms with E-state index in [0.717, 1.165) is 89.9 Å². The summed E-state index contributed by atoms with van der Waals surface area (Å²) in [6, 6.07) is -0.723. The molecule has 0 aromatic heterocycles. The van der Waals surface area contributed by atoms with Crippen molar-refractivity contribution in [3.05, 3.63) is 85.1 Å². The van der Waals surface area contributed by atoms with E-state index >= 15 is 0 Å². The fourth-order valence-corrected chi connectivity index (χ4v) is 7.25. The Morgan fingerprint density at radius 3 is 1.27 bits per heavy atom. The van der Waals surface area contributed by atoms with Crippen LogP contribution in [0.2, 0.25) is 0 Å². The lowest BCUT2D eigenvalue weighted by Crippen LogP contribution is -2.46. The number of aliphatic hydroxyl groups is 2. The van der Waals surface area contributed by atoms with E-state index in [1.807, 2.05) is 0 Å². The van der Waals surface area contributed by atoms with Gasteiger partial charge in [-0.05, 0) is 103 Å². The molecule has 0 aliphatic rings. The third-order valence-corrected chi connectivity index (χ3v) is 11.2. The van der Waals surface area contributed by atoms with Gasteiger partial charge in [0.2, 0.25) is 5.91 Å². The summed E-state index contributed by atoms with van der Waals surface area (Å²) in [4.78, 5) is 26.1. The van der Waals surface area contributed by atoms with Gasteiger partial charge in [-0.25, -0.2) is 0 Å². The number of hydrogen-bond donors (Lipinski definition) is 3. The summed E-state index contributed by atoms with van der Waals surface area (Å²) in [5.74, 6) is -0.568. The van der Waals surface area contributed by atoms with Crippen LogP contribution in [0.15, 0.2) is 85.1 Å². The van der Waals surface area contributed by atoms with Gasteiger partial charge in [-0.3, -0.25) is 9.59 Å². The molecule has 0 aromatic rings. The minimum atomic E-state index is -0.806. The number of hydrogen-bond acceptors (Lipinski definition) is 5. The lowest BCUT2D eigenvalue weighted by molar-refractivity contribution is -0.151. The Bertz CT molecular complexity index is 1200. The van der Waals surface area contributed by atoms with Crippen LogP contribution in [0.4, 0.5) is 0 Å². The maximum absolute atomic E-state index is 13.2. The van der Waals surface area contributed by atoms with Crippen LogP contribution in [0.1, 0.15) is 233 Å². The fourth-order valence-electron chi connectivity index (χ4n) is 7.25. The maximum atomic E-state index is 13.2. The second-order valence-electron chi connectivity index (χ2n) is 17.2. The number of amides is 1. The van der Waals surface area contributed by atoms with E-state index < -0.39 is 18.2 Å². The standard InChI is InChI=1S/C56H97NO5/c1-4-7-10-13-16-19-21-23-25-27-29-31-33-36-38-41-44-47-52(50-55(60)57-53(51-58)54(59)48-45-42-39-35-18-15-12-9-6-3)62-56(61)49-46-43-40-37-34-32-30-28-26-24-22-20-17-14-11-8-5-2/h16-17,19-20,23-26,29-32,37,40,52-54,58-59H,4-15,18,21-22,27-28,33-36,38-39,41-51H2,1-3H3,(H,57,60)/b19-16-,20-17-,25-23-,26-24-,31-29-,32-30-,40-37-. The van der Waals surface area contributed by atoms with Gasteiger partial charge in [0.25, 0.3) is 0 Å². The van der Waals surface area contributed by atoms with Crippen LogP contribution in [0, 0.1) is 0 Å². The molecule has 3 N–H and O–H groups in total. The van der Waals surface area contributed by atoms with Crippen LogP contribution in [-0.2, 0) is 14.3 Å². The van der Waals surface area contributed by atoms with Gasteiger partial charge < -0.3 is 20.3 Å². The van der Waals surface area contributed by atoms with Gasteiger partial charge in [-0.15, -0.1) is 0 Å². The number of allylic oxidation sites excluding steroid dienone is 14. The number of rotatable bonds is 45. The third kappa shape index (κ3) is 43.7. The first-order valence-electron chi connectivity index (χ1n) is 25.8. The van der Waals surface area contributed by atoms with Crippen molar-refractivity contribution in [2.45, 2.75) is 251 Å². The number of aliphatic hydroxyl groups excluding tert-OH is 2. The molecule has 0 rings (SSSR count). The Morgan fingerprint density at radius 2 is 0.823 bits per heavy atom. The van der Waals surface area contributed by atoms with Gasteiger partial charge in [-0.1, -0.05) is 202 Å². The van der Waals surface area contributed by atoms with Crippen LogP contribution in [0.3, 0.4) is 0 Å². The minimum absolute atomic E-state index is 0.0368. The molecule has 6 heteroatoms. The Hall–Kier alpha value is -2.96. The number of carbonyl (C=O) groups is 2. The van der Waals surface area contributed by atoms with E-state index in [1.165, 1.54) is 89.9 Å². The number of carbonyl (C=O) groups excluding carboxylic acids is 2. The molecule has 62 heavy (non-hydrogen) atoms. The highest BCUT2D eigenvalue weighted by atomic mass is 16.5. The van der Waals surface area contributed by atoms with Gasteiger partial charge in [0.15, 0.2) is 0 Å². The van der Waals surface area contributed by atoms with Crippen LogP contribution < -0.4 is 5.32 Å². The number of ether oxygens (including phenoxy) is 1. The predicted molar refractivity (Wildman–Crippen MR) is 268 cm³/mol. The molecule has 0 heterocycles. The monoisotopic (exact) mass is 864 g/mol. The largest absolute Gasteiger partial charge is 0.462 e. The minimum Gasteiger partial charge on any atom is -0.462 e. The van der Waals surface area contributed by atoms with E-state index in [1.54, 1.807) is 0 Å². The molecule has 356 valence electrons. The summed E-state index contributed by atoms with van der Waals surface area (Å²) in [5, 5.41) is 23.7. The molecule has 0 aromatic carbocycles. The molecule has 3 atom stereocenters. The first-order valence-corrected chi connectivity index (χ1v) is 25.8. The zero-order valence-corrected chi connectivity index (χ0v) is 40.5. The van der Waals surface area contributed by atoms with E-state index in [9.17, 15) is 19.8 Å². The summed E-state index contributed by atoms with van der Waals surface area (Å²) >= 11 is 0. The molecule has 0 saturated carbocycles. The quantitative estimate of drug-likeness (QED) is 0.0322. The van der Waals surface area contributed by atoms with Crippen LogP contribution in [0.5, 0.6) is 0 Å². The van der Waals surface area contributed by atoms with Crippen molar-refractivity contribution in [3.8, 4) is 0 Å². The summed E-state index contributed by atoms with van der Waals surface area (Å²) < 4.78 is 5.90. The molecule has 0 aliphatic carbocycles. The zero-order valence-electron chi connectivity index (χ0n) is 40.5. The lowest BCUT2D eigenvalue weighted by Gasteiger charge is -2.24. The topological polar surface area (TPSA) is 95.9 Å². The molecule has 0 saturated heterocycles. The first-order chi connectivity index (χ1) is 30.5. The van der Waals surface area contributed by atoms with Crippen molar-refractivity contribution >= 4 is 11.9 Å². The van der Waals surface area contributed by atoms with Crippen LogP contribution >= 0.6 is 0 Å². The Balaban J connectivity index is 4.74. The van der Waals surface area contributed by atoms with Crippen molar-refractivity contribution in [1.29, 1.82) is 0 Å². The molecule has 6 nitrogen and oxygen atoms in total. The second-order valence-corrected chi connectivity index (χ2v) is 17.2. The van der Waals surface area contributed by atoms with Crippen LogP contribution in [0.25, 0.3) is 0 Å². The Morgan fingerprint density at radius 1 is 0.468 bits per heavy atom. The first kappa shape index (κ1) is 59.0. The molecule has 1 amide bonds. The number of unbranched alkanes of at least 4 members (excludes halogenated alkanes) is 19. The lowest BCUT2D eigenvalue weighted by atomic mass is 10.0. The van der Waals surface area contributed by atoms with Gasteiger partial charge in [0.05, 0.1) is 25.2 Å². The predicted octanol–water partition coefficient (Wildman–Crippen LogP) is 15.6. The molecule has 0 bridgehead atoms. The Labute approximate surface area is 383 Å². The number of nitrogens with one attached hydrogen (secondary N) is 1. The van der Waals surface area contributed by atoms with Crippen molar-refractivity contribution in [3.63, 3.8) is 0 Å². The highest BCUT2D eigenvalue weighted by molar-refractivity contribution is 5.77. The summed E-state index contributed by atoms with van der Waals surface area (Å²) in [6.07, 6.45) is 63.6. The van der Waals surface area contributed by atoms with Gasteiger partial charge >= 0.3 is 5.97 Å². The van der Waals surface area contributed by atoms with Crippen molar-refractivity contribution in [2.75, 3.05) is 6.61 Å². The zero-order chi connectivity index (χ0) is 45.2. The van der Waals surface area contributed by atoms with E-state index in [4.69, 9.17) is 4.74 Å². The molecular weight excluding hydrogens is 767 g/mol. The van der Waals surface area contributed by atoms with Crippen molar-refractivity contribution in [2.24, 2.45) is 0 Å².